The molecule has 0 unspecified atom stereocenters. The van der Waals surface area contributed by atoms with Crippen LogP contribution in [0.4, 0.5) is 0 Å². The highest BCUT2D eigenvalue weighted by Crippen LogP contribution is 2.23. The SMILES string of the molecule is Cc1[nH]cnc1CN1CCNC[C@H]1c1ccccc1. The maximum Gasteiger partial charge on any atom is 0.0925 e. The van der Waals surface area contributed by atoms with Crippen LogP contribution in [0.15, 0.2) is 36.7 Å². The van der Waals surface area contributed by atoms with Crippen molar-refractivity contribution in [3.05, 3.63) is 53.6 Å². The second-order valence-corrected chi connectivity index (χ2v) is 5.08. The summed E-state index contributed by atoms with van der Waals surface area (Å²) >= 11 is 0. The molecule has 4 nitrogen and oxygen atoms in total. The van der Waals surface area contributed by atoms with Crippen LogP contribution in [0.3, 0.4) is 0 Å². The Labute approximate surface area is 113 Å². The topological polar surface area (TPSA) is 44.0 Å². The van der Waals surface area contributed by atoms with E-state index in [2.05, 4.69) is 57.4 Å². The first kappa shape index (κ1) is 12.4. The number of benzene rings is 1. The molecule has 1 aromatic heterocycles. The van der Waals surface area contributed by atoms with Crippen LogP contribution in [0.2, 0.25) is 0 Å². The maximum absolute atomic E-state index is 4.42. The van der Waals surface area contributed by atoms with Gasteiger partial charge in [0.05, 0.1) is 12.0 Å². The number of aryl methyl sites for hydroxylation is 1. The highest BCUT2D eigenvalue weighted by atomic mass is 15.2. The fraction of sp³-hybridized carbons (Fsp3) is 0.400. The van der Waals surface area contributed by atoms with Gasteiger partial charge in [0.25, 0.3) is 0 Å². The van der Waals surface area contributed by atoms with Gasteiger partial charge in [-0.25, -0.2) is 4.98 Å². The van der Waals surface area contributed by atoms with Crippen molar-refractivity contribution in [1.29, 1.82) is 0 Å². The minimum atomic E-state index is 0.436. The molecule has 1 fully saturated rings. The van der Waals surface area contributed by atoms with Crippen LogP contribution in [-0.2, 0) is 6.54 Å². The van der Waals surface area contributed by atoms with E-state index in [1.54, 1.807) is 6.33 Å². The first-order chi connectivity index (χ1) is 9.34. The Bertz CT molecular complexity index is 520. The zero-order valence-electron chi connectivity index (χ0n) is 11.3. The maximum atomic E-state index is 4.42. The number of aromatic amines is 1. The van der Waals surface area contributed by atoms with E-state index in [0.717, 1.165) is 31.9 Å². The molecule has 2 N–H and O–H groups in total. The summed E-state index contributed by atoms with van der Waals surface area (Å²) in [7, 11) is 0. The van der Waals surface area contributed by atoms with Gasteiger partial charge in [-0.15, -0.1) is 0 Å². The molecule has 3 rings (SSSR count). The highest BCUT2D eigenvalue weighted by Gasteiger charge is 2.24. The van der Waals surface area contributed by atoms with Crippen molar-refractivity contribution in [3.63, 3.8) is 0 Å². The van der Waals surface area contributed by atoms with E-state index in [1.807, 2.05) is 0 Å². The third kappa shape index (κ3) is 2.69. The lowest BCUT2D eigenvalue weighted by Crippen LogP contribution is -2.45. The molecule has 1 saturated heterocycles. The van der Waals surface area contributed by atoms with Gasteiger partial charge in [-0.2, -0.15) is 0 Å². The quantitative estimate of drug-likeness (QED) is 0.881. The van der Waals surface area contributed by atoms with Crippen LogP contribution < -0.4 is 5.32 Å². The summed E-state index contributed by atoms with van der Waals surface area (Å²) in [4.78, 5) is 10.1. The van der Waals surface area contributed by atoms with Gasteiger partial charge in [-0.1, -0.05) is 30.3 Å². The van der Waals surface area contributed by atoms with Gasteiger partial charge >= 0.3 is 0 Å². The standard InChI is InChI=1S/C15H20N4/c1-12-14(18-11-17-12)10-19-8-7-16-9-15(19)13-5-3-2-4-6-13/h2-6,11,15-16H,7-10H2,1H3,(H,17,18)/t15-/m0/s1. The Morgan fingerprint density at radius 3 is 2.89 bits per heavy atom. The summed E-state index contributed by atoms with van der Waals surface area (Å²) in [5.41, 5.74) is 3.70. The molecule has 100 valence electrons. The van der Waals surface area contributed by atoms with Crippen molar-refractivity contribution in [2.24, 2.45) is 0 Å². The Kier molecular flexibility index (Phi) is 3.62. The first-order valence-corrected chi connectivity index (χ1v) is 6.83. The van der Waals surface area contributed by atoms with Crippen molar-refractivity contribution < 1.29 is 0 Å². The summed E-state index contributed by atoms with van der Waals surface area (Å²) in [5.74, 6) is 0. The molecule has 2 heterocycles. The van der Waals surface area contributed by atoms with Crippen LogP contribution in [0.5, 0.6) is 0 Å². The van der Waals surface area contributed by atoms with E-state index in [4.69, 9.17) is 0 Å². The number of imidazole rings is 1. The lowest BCUT2D eigenvalue weighted by Gasteiger charge is -2.36. The summed E-state index contributed by atoms with van der Waals surface area (Å²) in [6.45, 7) is 6.12. The average Bonchev–Trinajstić information content (AvgIpc) is 2.86. The third-order valence-corrected chi connectivity index (χ3v) is 3.83. The monoisotopic (exact) mass is 256 g/mol. The van der Waals surface area contributed by atoms with E-state index >= 15 is 0 Å². The molecule has 0 aliphatic carbocycles. The van der Waals surface area contributed by atoms with E-state index in [1.165, 1.54) is 11.3 Å². The van der Waals surface area contributed by atoms with Crippen molar-refractivity contribution in [3.8, 4) is 0 Å². The molecule has 0 radical (unpaired) electrons. The second kappa shape index (κ2) is 5.55. The molecule has 2 aromatic rings. The number of nitrogens with zero attached hydrogens (tertiary/aromatic N) is 2. The van der Waals surface area contributed by atoms with Crippen LogP contribution in [0.1, 0.15) is 23.0 Å². The summed E-state index contributed by atoms with van der Waals surface area (Å²) in [6, 6.07) is 11.2. The molecule has 19 heavy (non-hydrogen) atoms. The van der Waals surface area contributed by atoms with Crippen LogP contribution in [0, 0.1) is 6.92 Å². The van der Waals surface area contributed by atoms with Gasteiger partial charge in [0.15, 0.2) is 0 Å². The molecule has 4 heteroatoms. The minimum absolute atomic E-state index is 0.436. The number of hydrogen-bond donors (Lipinski definition) is 2. The van der Waals surface area contributed by atoms with Crippen molar-refractivity contribution in [1.82, 2.24) is 20.2 Å². The molecule has 0 amide bonds. The third-order valence-electron chi connectivity index (χ3n) is 3.83. The van der Waals surface area contributed by atoms with E-state index in [0.29, 0.717) is 6.04 Å². The molecule has 1 aromatic carbocycles. The Morgan fingerprint density at radius 2 is 2.16 bits per heavy atom. The van der Waals surface area contributed by atoms with Crippen LogP contribution in [-0.4, -0.2) is 34.5 Å². The summed E-state index contributed by atoms with van der Waals surface area (Å²) in [5, 5.41) is 3.49. The number of piperazine rings is 1. The molecule has 0 saturated carbocycles. The van der Waals surface area contributed by atoms with E-state index in [9.17, 15) is 0 Å². The predicted octanol–water partition coefficient (Wildman–Crippen LogP) is 1.86. The molecule has 1 aliphatic rings. The lowest BCUT2D eigenvalue weighted by molar-refractivity contribution is 0.152. The molecule has 1 aliphatic heterocycles. The average molecular weight is 256 g/mol. The fourth-order valence-electron chi connectivity index (χ4n) is 2.68. The zero-order valence-corrected chi connectivity index (χ0v) is 11.3. The van der Waals surface area contributed by atoms with Crippen molar-refractivity contribution in [2.75, 3.05) is 19.6 Å². The minimum Gasteiger partial charge on any atom is -0.348 e. The fourth-order valence-corrected chi connectivity index (χ4v) is 2.68. The van der Waals surface area contributed by atoms with E-state index in [-0.39, 0.29) is 0 Å². The van der Waals surface area contributed by atoms with Crippen LogP contribution in [0.25, 0.3) is 0 Å². The first-order valence-electron chi connectivity index (χ1n) is 6.83. The van der Waals surface area contributed by atoms with Crippen LogP contribution >= 0.6 is 0 Å². The smallest absolute Gasteiger partial charge is 0.0925 e. The highest BCUT2D eigenvalue weighted by molar-refractivity contribution is 5.20. The number of H-pyrrole nitrogens is 1. The largest absolute Gasteiger partial charge is 0.348 e. The lowest BCUT2D eigenvalue weighted by atomic mass is 10.0. The van der Waals surface area contributed by atoms with Gasteiger partial charge in [0, 0.05) is 37.9 Å². The zero-order chi connectivity index (χ0) is 13.1. The molecular formula is C15H20N4. The van der Waals surface area contributed by atoms with Gasteiger partial charge in [-0.05, 0) is 12.5 Å². The van der Waals surface area contributed by atoms with Gasteiger partial charge in [0.2, 0.25) is 0 Å². The normalized spacial score (nSPS) is 20.6. The molecule has 1 atom stereocenters. The Morgan fingerprint density at radius 1 is 1.32 bits per heavy atom. The number of aromatic nitrogens is 2. The number of hydrogen-bond acceptors (Lipinski definition) is 3. The van der Waals surface area contributed by atoms with Crippen molar-refractivity contribution >= 4 is 0 Å². The Balaban J connectivity index is 1.80. The Hall–Kier alpha value is -1.65. The summed E-state index contributed by atoms with van der Waals surface area (Å²) in [6.07, 6.45) is 1.78. The molecule has 0 spiro atoms. The van der Waals surface area contributed by atoms with Crippen molar-refractivity contribution in [2.45, 2.75) is 19.5 Å². The van der Waals surface area contributed by atoms with Gasteiger partial charge in [-0.3, -0.25) is 4.90 Å². The molecule has 0 bridgehead atoms. The number of nitrogens with one attached hydrogen (secondary N) is 2. The van der Waals surface area contributed by atoms with Gasteiger partial charge in [0.1, 0.15) is 0 Å². The second-order valence-electron chi connectivity index (χ2n) is 5.08. The summed E-state index contributed by atoms with van der Waals surface area (Å²) < 4.78 is 0. The van der Waals surface area contributed by atoms with Gasteiger partial charge < -0.3 is 10.3 Å². The number of rotatable bonds is 3. The van der Waals surface area contributed by atoms with E-state index < -0.39 is 0 Å². The molecular weight excluding hydrogens is 236 g/mol. The predicted molar refractivity (Wildman–Crippen MR) is 75.8 cm³/mol.